The number of amides is 1. The highest BCUT2D eigenvalue weighted by molar-refractivity contribution is 7.22. The molecule has 5 nitrogen and oxygen atoms in total. The normalized spacial score (nSPS) is 10.9. The molecule has 0 saturated heterocycles. The van der Waals surface area contributed by atoms with Crippen molar-refractivity contribution >= 4 is 32.6 Å². The van der Waals surface area contributed by atoms with Crippen LogP contribution in [-0.4, -0.2) is 22.5 Å². The highest BCUT2D eigenvalue weighted by atomic mass is 32.1. The van der Waals surface area contributed by atoms with Gasteiger partial charge in [0.05, 0.1) is 17.9 Å². The van der Waals surface area contributed by atoms with Gasteiger partial charge in [0.1, 0.15) is 17.1 Å². The van der Waals surface area contributed by atoms with Crippen molar-refractivity contribution in [3.63, 3.8) is 0 Å². The molecule has 2 aromatic carbocycles. The number of nitrogens with zero attached hydrogens (tertiary/aromatic N) is 3. The fourth-order valence-electron chi connectivity index (χ4n) is 3.10. The third kappa shape index (κ3) is 4.88. The molecule has 0 saturated carbocycles. The second kappa shape index (κ2) is 9.66. The van der Waals surface area contributed by atoms with E-state index in [0.717, 1.165) is 24.2 Å². The van der Waals surface area contributed by atoms with Gasteiger partial charge in [-0.2, -0.15) is 0 Å². The first-order valence-electron chi connectivity index (χ1n) is 10.1. The molecule has 0 N–H and O–H groups in total. The van der Waals surface area contributed by atoms with Gasteiger partial charge in [-0.3, -0.25) is 14.7 Å². The van der Waals surface area contributed by atoms with Gasteiger partial charge in [0.15, 0.2) is 5.13 Å². The lowest BCUT2D eigenvalue weighted by Gasteiger charge is -2.20. The molecule has 0 radical (unpaired) electrons. The molecule has 2 aromatic heterocycles. The minimum absolute atomic E-state index is 0.219. The van der Waals surface area contributed by atoms with Crippen LogP contribution in [0.15, 0.2) is 67.0 Å². The number of unbranched alkanes of at least 4 members (excludes halogenated alkanes) is 1. The summed E-state index contributed by atoms with van der Waals surface area (Å²) in [5, 5.41) is 0.442. The molecular formula is C24H22FN3O2S. The van der Waals surface area contributed by atoms with Crippen molar-refractivity contribution in [1.29, 1.82) is 0 Å². The van der Waals surface area contributed by atoms with E-state index in [2.05, 4.69) is 16.9 Å². The van der Waals surface area contributed by atoms with Crippen LogP contribution in [0.2, 0.25) is 0 Å². The first kappa shape index (κ1) is 20.9. The molecule has 0 unspecified atom stereocenters. The summed E-state index contributed by atoms with van der Waals surface area (Å²) in [6, 6.07) is 15.6. The fraction of sp³-hybridized carbons (Fsp3) is 0.208. The minimum Gasteiger partial charge on any atom is -0.494 e. The third-order valence-corrected chi connectivity index (χ3v) is 5.81. The highest BCUT2D eigenvalue weighted by Crippen LogP contribution is 2.32. The van der Waals surface area contributed by atoms with Crippen LogP contribution in [0.1, 0.15) is 35.7 Å². The van der Waals surface area contributed by atoms with E-state index in [4.69, 9.17) is 4.74 Å². The number of aromatic nitrogens is 2. The number of benzene rings is 2. The molecule has 31 heavy (non-hydrogen) atoms. The maximum Gasteiger partial charge on any atom is 0.260 e. The van der Waals surface area contributed by atoms with Crippen LogP contribution < -0.4 is 9.64 Å². The summed E-state index contributed by atoms with van der Waals surface area (Å²) in [5.74, 6) is 0.108. The number of carbonyl (C=O) groups excluding carboxylic acids is 1. The van der Waals surface area contributed by atoms with Crippen molar-refractivity contribution in [2.75, 3.05) is 11.5 Å². The standard InChI is InChI=1S/C24H22FN3O2S/c1-2-3-14-30-19-11-9-18(10-12-19)23(29)28(16-17-6-5-13-26-15-17)24-27-22-20(25)7-4-8-21(22)31-24/h4-13,15H,2-3,14,16H2,1H3. The Labute approximate surface area is 184 Å². The molecule has 0 aliphatic carbocycles. The first-order chi connectivity index (χ1) is 15.2. The Morgan fingerprint density at radius 2 is 1.97 bits per heavy atom. The molecule has 0 aliphatic heterocycles. The summed E-state index contributed by atoms with van der Waals surface area (Å²) < 4.78 is 20.6. The van der Waals surface area contributed by atoms with Crippen molar-refractivity contribution in [3.8, 4) is 5.75 Å². The van der Waals surface area contributed by atoms with Gasteiger partial charge in [-0.25, -0.2) is 9.37 Å². The lowest BCUT2D eigenvalue weighted by atomic mass is 10.1. The van der Waals surface area contributed by atoms with Crippen molar-refractivity contribution in [2.24, 2.45) is 0 Å². The van der Waals surface area contributed by atoms with Crippen LogP contribution >= 0.6 is 11.3 Å². The van der Waals surface area contributed by atoms with Crippen LogP contribution in [0.25, 0.3) is 10.2 Å². The maximum atomic E-state index is 14.2. The number of anilines is 1. The average molecular weight is 436 g/mol. The number of rotatable bonds is 8. The summed E-state index contributed by atoms with van der Waals surface area (Å²) in [5.41, 5.74) is 1.63. The van der Waals surface area contributed by atoms with E-state index in [9.17, 15) is 9.18 Å². The second-order valence-electron chi connectivity index (χ2n) is 7.06. The minimum atomic E-state index is -0.401. The van der Waals surface area contributed by atoms with Crippen LogP contribution in [0.3, 0.4) is 0 Å². The smallest absolute Gasteiger partial charge is 0.260 e. The Balaban J connectivity index is 1.64. The molecule has 0 fully saturated rings. The highest BCUT2D eigenvalue weighted by Gasteiger charge is 2.22. The Bertz CT molecular complexity index is 1160. The summed E-state index contributed by atoms with van der Waals surface area (Å²) in [6.07, 6.45) is 5.43. The maximum absolute atomic E-state index is 14.2. The Hall–Kier alpha value is -3.32. The Morgan fingerprint density at radius 1 is 1.13 bits per heavy atom. The zero-order valence-electron chi connectivity index (χ0n) is 17.1. The van der Waals surface area contributed by atoms with Crippen LogP contribution in [-0.2, 0) is 6.54 Å². The van der Waals surface area contributed by atoms with E-state index < -0.39 is 5.82 Å². The number of halogens is 1. The van der Waals surface area contributed by atoms with E-state index >= 15 is 0 Å². The summed E-state index contributed by atoms with van der Waals surface area (Å²) in [6.45, 7) is 3.03. The van der Waals surface area contributed by atoms with Gasteiger partial charge in [-0.05, 0) is 54.4 Å². The molecule has 0 spiro atoms. The number of pyridine rings is 1. The predicted molar refractivity (Wildman–Crippen MR) is 121 cm³/mol. The molecule has 1 amide bonds. The van der Waals surface area contributed by atoms with E-state index in [-0.39, 0.29) is 18.0 Å². The molecule has 4 aromatic rings. The first-order valence-corrected chi connectivity index (χ1v) is 11.0. The van der Waals surface area contributed by atoms with Crippen molar-refractivity contribution in [3.05, 3.63) is 83.9 Å². The van der Waals surface area contributed by atoms with E-state index in [1.54, 1.807) is 53.7 Å². The zero-order chi connectivity index (χ0) is 21.6. The monoisotopic (exact) mass is 435 g/mol. The average Bonchev–Trinajstić information content (AvgIpc) is 3.24. The van der Waals surface area contributed by atoms with E-state index in [0.29, 0.717) is 22.0 Å². The topological polar surface area (TPSA) is 55.3 Å². The van der Waals surface area contributed by atoms with Gasteiger partial charge in [0.25, 0.3) is 5.91 Å². The lowest BCUT2D eigenvalue weighted by molar-refractivity contribution is 0.0985. The summed E-state index contributed by atoms with van der Waals surface area (Å²) in [4.78, 5) is 23.5. The van der Waals surface area contributed by atoms with Gasteiger partial charge in [0.2, 0.25) is 0 Å². The number of para-hydroxylation sites is 1. The van der Waals surface area contributed by atoms with Crippen molar-refractivity contribution in [1.82, 2.24) is 9.97 Å². The molecular weight excluding hydrogens is 413 g/mol. The quantitative estimate of drug-likeness (QED) is 0.326. The molecule has 158 valence electrons. The van der Waals surface area contributed by atoms with E-state index in [1.807, 2.05) is 12.1 Å². The predicted octanol–water partition coefficient (Wildman–Crippen LogP) is 5.86. The summed E-state index contributed by atoms with van der Waals surface area (Å²) >= 11 is 1.29. The van der Waals surface area contributed by atoms with Crippen molar-refractivity contribution < 1.29 is 13.9 Å². The van der Waals surface area contributed by atoms with Gasteiger partial charge < -0.3 is 4.74 Å². The van der Waals surface area contributed by atoms with Crippen LogP contribution in [0, 0.1) is 5.82 Å². The number of hydrogen-bond donors (Lipinski definition) is 0. The van der Waals surface area contributed by atoms with Crippen molar-refractivity contribution in [2.45, 2.75) is 26.3 Å². The van der Waals surface area contributed by atoms with Crippen LogP contribution in [0.4, 0.5) is 9.52 Å². The van der Waals surface area contributed by atoms with Gasteiger partial charge >= 0.3 is 0 Å². The summed E-state index contributed by atoms with van der Waals surface area (Å²) in [7, 11) is 0. The zero-order valence-corrected chi connectivity index (χ0v) is 17.9. The van der Waals surface area contributed by atoms with Gasteiger partial charge in [0, 0.05) is 18.0 Å². The molecule has 0 aliphatic rings. The number of ether oxygens (including phenoxy) is 1. The van der Waals surface area contributed by atoms with Gasteiger partial charge in [-0.15, -0.1) is 0 Å². The molecule has 0 bridgehead atoms. The molecule has 4 rings (SSSR count). The SMILES string of the molecule is CCCCOc1ccc(C(=O)N(Cc2cccnc2)c2nc3c(F)cccc3s2)cc1. The molecule has 0 atom stereocenters. The number of carbonyl (C=O) groups is 1. The number of thiazole rings is 1. The van der Waals surface area contributed by atoms with Gasteiger partial charge in [-0.1, -0.05) is 36.8 Å². The Morgan fingerprint density at radius 3 is 2.68 bits per heavy atom. The molecule has 2 heterocycles. The Kier molecular flexibility index (Phi) is 6.52. The second-order valence-corrected chi connectivity index (χ2v) is 8.07. The van der Waals surface area contributed by atoms with Crippen LogP contribution in [0.5, 0.6) is 5.75 Å². The largest absolute Gasteiger partial charge is 0.494 e. The number of fused-ring (bicyclic) bond motifs is 1. The fourth-order valence-corrected chi connectivity index (χ4v) is 4.08. The van der Waals surface area contributed by atoms with E-state index in [1.165, 1.54) is 17.4 Å². The third-order valence-electron chi connectivity index (χ3n) is 4.77. The number of hydrogen-bond acceptors (Lipinski definition) is 5. The lowest BCUT2D eigenvalue weighted by Crippen LogP contribution is -2.30. The molecule has 7 heteroatoms.